The fourth-order valence-corrected chi connectivity index (χ4v) is 5.33. The van der Waals surface area contributed by atoms with Crippen LogP contribution in [0.3, 0.4) is 0 Å². The summed E-state index contributed by atoms with van der Waals surface area (Å²) < 4.78 is 4.02. The highest BCUT2D eigenvalue weighted by molar-refractivity contribution is 7.15. The molecule has 2 aromatic carbocycles. The van der Waals surface area contributed by atoms with Gasteiger partial charge in [0.2, 0.25) is 0 Å². The molecule has 0 fully saturated rings. The summed E-state index contributed by atoms with van der Waals surface area (Å²) in [6.45, 7) is 0.411. The number of thiazole rings is 1. The van der Waals surface area contributed by atoms with E-state index in [0.29, 0.717) is 49.1 Å². The maximum absolute atomic E-state index is 13.8. The zero-order valence-corrected chi connectivity index (χ0v) is 19.9. The zero-order chi connectivity index (χ0) is 23.1. The monoisotopic (exact) mass is 513 g/mol. The molecular weight excluding hydrogens is 501 g/mol. The summed E-state index contributed by atoms with van der Waals surface area (Å²) in [7, 11) is 0. The molecule has 0 N–H and O–H groups in total. The van der Waals surface area contributed by atoms with Crippen molar-refractivity contribution in [3.05, 3.63) is 103 Å². The number of nitrogens with zero attached hydrogens (tertiary/aromatic N) is 3. The van der Waals surface area contributed by atoms with Crippen molar-refractivity contribution in [1.29, 1.82) is 0 Å². The second kappa shape index (κ2) is 8.80. The van der Waals surface area contributed by atoms with Crippen molar-refractivity contribution >= 4 is 51.8 Å². The van der Waals surface area contributed by atoms with Gasteiger partial charge >= 0.3 is 5.56 Å². The number of halogens is 3. The minimum Gasteiger partial charge on any atom is -0.872 e. The fraction of sp³-hybridized carbons (Fsp3) is 0.0417. The van der Waals surface area contributed by atoms with Crippen LogP contribution in [0.5, 0.6) is 5.75 Å². The molecule has 0 spiro atoms. The average molecular weight is 515 g/mol. The molecule has 0 saturated carbocycles. The Morgan fingerprint density at radius 3 is 2.36 bits per heavy atom. The van der Waals surface area contributed by atoms with Crippen molar-refractivity contribution in [3.8, 4) is 28.1 Å². The van der Waals surface area contributed by atoms with Gasteiger partial charge in [0.15, 0.2) is 10.2 Å². The van der Waals surface area contributed by atoms with E-state index in [1.54, 1.807) is 53.2 Å². The van der Waals surface area contributed by atoms with Gasteiger partial charge in [0.1, 0.15) is 12.1 Å². The number of hydrogen-bond acceptors (Lipinski definition) is 4. The van der Waals surface area contributed by atoms with Gasteiger partial charge in [0, 0.05) is 27.9 Å². The van der Waals surface area contributed by atoms with Crippen LogP contribution in [0.1, 0.15) is 4.88 Å². The summed E-state index contributed by atoms with van der Waals surface area (Å²) in [6.07, 6.45) is 3.43. The molecule has 0 aliphatic carbocycles. The number of hydrogen-bond donors (Lipinski definition) is 0. The summed E-state index contributed by atoms with van der Waals surface area (Å²) in [5.41, 5.74) is 2.77. The van der Waals surface area contributed by atoms with Gasteiger partial charge in [-0.2, -0.15) is 4.40 Å². The van der Waals surface area contributed by atoms with Gasteiger partial charge in [-0.1, -0.05) is 65.1 Å². The van der Waals surface area contributed by atoms with E-state index in [9.17, 15) is 9.90 Å². The molecule has 5 rings (SSSR count). The van der Waals surface area contributed by atoms with Crippen molar-refractivity contribution in [2.45, 2.75) is 6.54 Å². The predicted molar refractivity (Wildman–Crippen MR) is 130 cm³/mol. The Morgan fingerprint density at radius 2 is 1.70 bits per heavy atom. The maximum atomic E-state index is 13.8. The van der Waals surface area contributed by atoms with E-state index in [-0.39, 0.29) is 11.3 Å². The van der Waals surface area contributed by atoms with Gasteiger partial charge < -0.3 is 5.11 Å². The lowest BCUT2D eigenvalue weighted by molar-refractivity contribution is -0.654. The van der Waals surface area contributed by atoms with Crippen LogP contribution in [0.4, 0.5) is 0 Å². The summed E-state index contributed by atoms with van der Waals surface area (Å²) in [4.78, 5) is 18.9. The van der Waals surface area contributed by atoms with Crippen LogP contribution >= 0.6 is 46.1 Å². The van der Waals surface area contributed by atoms with Gasteiger partial charge in [-0.3, -0.25) is 0 Å². The number of benzene rings is 2. The number of aromatic nitrogens is 3. The molecule has 0 amide bonds. The predicted octanol–water partition coefficient (Wildman–Crippen LogP) is 5.46. The zero-order valence-electron chi connectivity index (χ0n) is 16.8. The molecule has 0 bridgehead atoms. The van der Waals surface area contributed by atoms with Crippen molar-refractivity contribution in [2.75, 3.05) is 0 Å². The van der Waals surface area contributed by atoms with Crippen LogP contribution in [0.2, 0.25) is 14.5 Å². The van der Waals surface area contributed by atoms with Crippen LogP contribution < -0.4 is 15.2 Å². The largest absolute Gasteiger partial charge is 0.872 e. The first-order chi connectivity index (χ1) is 15.9. The first-order valence-corrected chi connectivity index (χ1v) is 11.8. The highest BCUT2D eigenvalue weighted by Gasteiger charge is 2.27. The molecule has 164 valence electrons. The fourth-order valence-electron chi connectivity index (χ4n) is 3.84. The normalized spacial score (nSPS) is 11.2. The van der Waals surface area contributed by atoms with Crippen molar-refractivity contribution < 1.29 is 9.67 Å². The average Bonchev–Trinajstić information content (AvgIpc) is 3.20. The molecule has 0 unspecified atom stereocenters. The second-order valence-corrected chi connectivity index (χ2v) is 9.88. The van der Waals surface area contributed by atoms with Crippen molar-refractivity contribution in [1.82, 2.24) is 9.38 Å². The molecule has 3 aromatic heterocycles. The van der Waals surface area contributed by atoms with Crippen LogP contribution in [0, 0.1) is 0 Å². The van der Waals surface area contributed by atoms with Gasteiger partial charge in [-0.15, -0.1) is 17.1 Å². The molecule has 33 heavy (non-hydrogen) atoms. The van der Waals surface area contributed by atoms with Crippen LogP contribution in [0.25, 0.3) is 28.0 Å². The number of rotatable bonds is 4. The smallest absolute Gasteiger partial charge is 0.350 e. The highest BCUT2D eigenvalue weighted by Crippen LogP contribution is 2.32. The molecule has 0 saturated heterocycles. The molecular formula is C24H14Cl3N3O2S. The SMILES string of the molecule is O=c1c(-c2cc(Cl)cc(Cl)c2)c(-c2ccc([O-])cc2)[n+](Cc2cnc(Cl)s2)c2ccccn12. The lowest BCUT2D eigenvalue weighted by Crippen LogP contribution is -2.43. The van der Waals surface area contributed by atoms with Gasteiger partial charge in [-0.05, 0) is 29.8 Å². The summed E-state index contributed by atoms with van der Waals surface area (Å²) in [5.74, 6) is -0.121. The third kappa shape index (κ3) is 4.23. The minimum atomic E-state index is -0.233. The Morgan fingerprint density at radius 1 is 0.970 bits per heavy atom. The quantitative estimate of drug-likeness (QED) is 0.299. The van der Waals surface area contributed by atoms with E-state index in [1.165, 1.54) is 23.5 Å². The van der Waals surface area contributed by atoms with Crippen LogP contribution in [-0.2, 0) is 6.54 Å². The van der Waals surface area contributed by atoms with Gasteiger partial charge in [-0.25, -0.2) is 14.3 Å². The summed E-state index contributed by atoms with van der Waals surface area (Å²) >= 11 is 20.0. The highest BCUT2D eigenvalue weighted by atomic mass is 35.5. The Hall–Kier alpha value is -2.90. The Kier molecular flexibility index (Phi) is 5.85. The number of pyridine rings is 1. The van der Waals surface area contributed by atoms with E-state index in [4.69, 9.17) is 34.8 Å². The van der Waals surface area contributed by atoms with Crippen LogP contribution in [-0.4, -0.2) is 9.38 Å². The minimum absolute atomic E-state index is 0.121. The van der Waals surface area contributed by atoms with Crippen molar-refractivity contribution in [2.24, 2.45) is 0 Å². The maximum Gasteiger partial charge on any atom is 0.350 e. The van der Waals surface area contributed by atoms with E-state index >= 15 is 0 Å². The van der Waals surface area contributed by atoms with Gasteiger partial charge in [0.25, 0.3) is 5.65 Å². The van der Waals surface area contributed by atoms with Gasteiger partial charge in [0.05, 0.1) is 11.1 Å². The Labute approximate surface area is 207 Å². The Bertz CT molecular complexity index is 1540. The molecule has 0 aliphatic heterocycles. The van der Waals surface area contributed by atoms with E-state index in [0.717, 1.165) is 4.88 Å². The lowest BCUT2D eigenvalue weighted by atomic mass is 9.99. The lowest BCUT2D eigenvalue weighted by Gasteiger charge is -2.15. The first-order valence-electron chi connectivity index (χ1n) is 9.82. The molecule has 9 heteroatoms. The molecule has 0 atom stereocenters. The molecule has 0 radical (unpaired) electrons. The van der Waals surface area contributed by atoms with E-state index in [1.807, 2.05) is 16.7 Å². The molecule has 0 aliphatic rings. The molecule has 3 heterocycles. The third-order valence-corrected chi connectivity index (χ3v) is 6.71. The molecule has 5 aromatic rings. The second-order valence-electron chi connectivity index (χ2n) is 7.31. The summed E-state index contributed by atoms with van der Waals surface area (Å²) in [5, 5.41) is 12.7. The molecule has 5 nitrogen and oxygen atoms in total. The van der Waals surface area contributed by atoms with E-state index in [2.05, 4.69) is 4.98 Å². The first kappa shape index (κ1) is 21.9. The third-order valence-electron chi connectivity index (χ3n) is 5.17. The van der Waals surface area contributed by atoms with Crippen LogP contribution in [0.15, 0.2) is 77.9 Å². The van der Waals surface area contributed by atoms with Crippen molar-refractivity contribution in [3.63, 3.8) is 0 Å². The topological polar surface area (TPSA) is 61.3 Å². The summed E-state index contributed by atoms with van der Waals surface area (Å²) in [6, 6.07) is 16.9. The standard InChI is InChI=1S/C24H14Cl3N3O2S/c25-16-9-15(10-17(26)11-16)21-22(14-4-6-18(31)7-5-14)30(13-19-12-28-24(27)33-19)20-3-1-2-8-29(20)23(21)32/h1-12H,13H2. The van der Waals surface area contributed by atoms with E-state index < -0.39 is 0 Å². The number of fused-ring (bicyclic) bond motifs is 1. The Balaban J connectivity index is 1.93.